The summed E-state index contributed by atoms with van der Waals surface area (Å²) in [4.78, 5) is 27.1. The molecule has 1 aromatic heterocycles. The van der Waals surface area contributed by atoms with Gasteiger partial charge in [-0.1, -0.05) is 13.0 Å². The Bertz CT molecular complexity index is 422. The zero-order chi connectivity index (χ0) is 14.3. The third-order valence-electron chi connectivity index (χ3n) is 2.65. The highest BCUT2D eigenvalue weighted by Gasteiger charge is 2.29. The van der Waals surface area contributed by atoms with Crippen LogP contribution in [0.5, 0.6) is 0 Å². The number of rotatable bonds is 5. The van der Waals surface area contributed by atoms with Gasteiger partial charge < -0.3 is 15.2 Å². The van der Waals surface area contributed by atoms with Crippen LogP contribution < -0.4 is 5.73 Å². The zero-order valence-corrected chi connectivity index (χ0v) is 11.0. The zero-order valence-electron chi connectivity index (χ0n) is 11.0. The number of carbonyl (C=O) groups is 2. The van der Waals surface area contributed by atoms with Crippen LogP contribution >= 0.6 is 0 Å². The first kappa shape index (κ1) is 15.1. The molecular formula is C13H18N2O4. The first-order chi connectivity index (χ1) is 9.10. The fraction of sp³-hybridized carbons (Fsp3) is 0.462. The molecule has 0 aliphatic heterocycles. The van der Waals surface area contributed by atoms with Crippen molar-refractivity contribution in [1.29, 1.82) is 0 Å². The van der Waals surface area contributed by atoms with Crippen LogP contribution in [0.2, 0.25) is 0 Å². The van der Waals surface area contributed by atoms with E-state index >= 15 is 0 Å². The normalized spacial score (nSPS) is 13.4. The molecule has 1 rings (SSSR count). The van der Waals surface area contributed by atoms with Crippen LogP contribution in [0.4, 0.5) is 4.79 Å². The van der Waals surface area contributed by atoms with Crippen LogP contribution in [-0.4, -0.2) is 23.7 Å². The number of pyridine rings is 1. The summed E-state index contributed by atoms with van der Waals surface area (Å²) in [5.74, 6) is -1.33. The second-order valence-corrected chi connectivity index (χ2v) is 3.90. The quantitative estimate of drug-likeness (QED) is 0.645. The highest BCUT2D eigenvalue weighted by Crippen LogP contribution is 2.22. The number of nitrogens with zero attached hydrogens (tertiary/aromatic N) is 1. The van der Waals surface area contributed by atoms with Crippen molar-refractivity contribution in [3.8, 4) is 0 Å². The van der Waals surface area contributed by atoms with Crippen molar-refractivity contribution in [2.75, 3.05) is 6.61 Å². The Morgan fingerprint density at radius 2 is 2.11 bits per heavy atom. The van der Waals surface area contributed by atoms with Crippen molar-refractivity contribution < 1.29 is 19.1 Å². The summed E-state index contributed by atoms with van der Waals surface area (Å²) in [7, 11) is 0. The monoisotopic (exact) mass is 266 g/mol. The Balaban J connectivity index is 2.72. The minimum absolute atomic E-state index is 0.148. The predicted molar refractivity (Wildman–Crippen MR) is 68.1 cm³/mol. The van der Waals surface area contributed by atoms with Crippen molar-refractivity contribution in [3.63, 3.8) is 0 Å². The van der Waals surface area contributed by atoms with Crippen LogP contribution in [-0.2, 0) is 14.3 Å². The molecule has 0 saturated carbocycles. The molecule has 2 atom stereocenters. The molecule has 104 valence electrons. The van der Waals surface area contributed by atoms with E-state index < -0.39 is 24.1 Å². The molecule has 0 bridgehead atoms. The largest absolute Gasteiger partial charge is 0.516 e. The third-order valence-corrected chi connectivity index (χ3v) is 2.65. The van der Waals surface area contributed by atoms with Gasteiger partial charge in [0.2, 0.25) is 0 Å². The van der Waals surface area contributed by atoms with E-state index in [0.29, 0.717) is 12.1 Å². The second-order valence-electron chi connectivity index (χ2n) is 3.90. The maximum atomic E-state index is 11.8. The van der Waals surface area contributed by atoms with E-state index in [4.69, 9.17) is 5.73 Å². The Labute approximate surface area is 111 Å². The lowest BCUT2D eigenvalue weighted by Gasteiger charge is -2.19. The number of hydrogen-bond acceptors (Lipinski definition) is 6. The molecule has 0 amide bonds. The van der Waals surface area contributed by atoms with Crippen molar-refractivity contribution in [2.45, 2.75) is 26.3 Å². The number of ether oxygens (including phenoxy) is 2. The summed E-state index contributed by atoms with van der Waals surface area (Å²) in [6, 6.07) is 4.65. The Kier molecular flexibility index (Phi) is 5.95. The Morgan fingerprint density at radius 1 is 1.37 bits per heavy atom. The summed E-state index contributed by atoms with van der Waals surface area (Å²) in [6.45, 7) is 3.57. The van der Waals surface area contributed by atoms with Gasteiger partial charge in [-0.3, -0.25) is 9.78 Å². The van der Waals surface area contributed by atoms with Gasteiger partial charge in [0, 0.05) is 6.20 Å². The topological polar surface area (TPSA) is 91.5 Å². The van der Waals surface area contributed by atoms with Gasteiger partial charge in [0.25, 0.3) is 0 Å². The van der Waals surface area contributed by atoms with E-state index in [9.17, 15) is 9.59 Å². The fourth-order valence-corrected chi connectivity index (χ4v) is 1.65. The molecule has 2 unspecified atom stereocenters. The molecule has 0 saturated heterocycles. The van der Waals surface area contributed by atoms with Crippen molar-refractivity contribution in [1.82, 2.24) is 4.98 Å². The van der Waals surface area contributed by atoms with Gasteiger partial charge in [-0.15, -0.1) is 0 Å². The molecule has 0 aliphatic rings. The lowest BCUT2D eigenvalue weighted by Crippen LogP contribution is -2.31. The van der Waals surface area contributed by atoms with Crippen LogP contribution in [0.3, 0.4) is 0 Å². The minimum atomic E-state index is -1.00. The first-order valence-corrected chi connectivity index (χ1v) is 6.15. The Morgan fingerprint density at radius 3 is 2.63 bits per heavy atom. The SMILES string of the molecule is CCOC(=O)OC(=O)C(CC)C(N)c1ccccn1. The third kappa shape index (κ3) is 4.33. The van der Waals surface area contributed by atoms with Gasteiger partial charge in [0.15, 0.2) is 0 Å². The van der Waals surface area contributed by atoms with Gasteiger partial charge in [-0.05, 0) is 25.5 Å². The molecular weight excluding hydrogens is 248 g/mol. The van der Waals surface area contributed by atoms with Gasteiger partial charge in [0.1, 0.15) is 0 Å². The van der Waals surface area contributed by atoms with Crippen LogP contribution in [0.25, 0.3) is 0 Å². The molecule has 0 spiro atoms. The summed E-state index contributed by atoms with van der Waals surface area (Å²) >= 11 is 0. The maximum absolute atomic E-state index is 11.8. The number of nitrogens with two attached hydrogens (primary N) is 1. The molecule has 0 aliphatic carbocycles. The molecule has 1 heterocycles. The van der Waals surface area contributed by atoms with E-state index in [0.717, 1.165) is 0 Å². The second kappa shape index (κ2) is 7.48. The van der Waals surface area contributed by atoms with E-state index in [1.807, 2.05) is 0 Å². The van der Waals surface area contributed by atoms with Crippen LogP contribution in [0.15, 0.2) is 24.4 Å². The van der Waals surface area contributed by atoms with E-state index in [-0.39, 0.29) is 6.61 Å². The molecule has 19 heavy (non-hydrogen) atoms. The molecule has 2 N–H and O–H groups in total. The Hall–Kier alpha value is -1.95. The van der Waals surface area contributed by atoms with Crippen molar-refractivity contribution in [2.24, 2.45) is 11.7 Å². The summed E-state index contributed by atoms with van der Waals surface area (Å²) in [5, 5.41) is 0. The standard InChI is InChI=1S/C13H18N2O4/c1-3-9(12(16)19-13(17)18-4-2)11(14)10-7-5-6-8-15-10/h5-9,11H,3-4,14H2,1-2H3. The maximum Gasteiger partial charge on any atom is 0.516 e. The molecule has 1 aromatic rings. The van der Waals surface area contributed by atoms with Gasteiger partial charge in [-0.2, -0.15) is 0 Å². The van der Waals surface area contributed by atoms with Gasteiger partial charge in [0.05, 0.1) is 24.3 Å². The van der Waals surface area contributed by atoms with Crippen molar-refractivity contribution >= 4 is 12.1 Å². The molecule has 6 heteroatoms. The average molecular weight is 266 g/mol. The van der Waals surface area contributed by atoms with Crippen LogP contribution in [0, 0.1) is 5.92 Å². The van der Waals surface area contributed by atoms with E-state index in [1.165, 1.54) is 0 Å². The predicted octanol–water partition coefficient (Wildman–Crippen LogP) is 1.81. The smallest absolute Gasteiger partial charge is 0.434 e. The highest BCUT2D eigenvalue weighted by molar-refractivity contribution is 5.84. The fourth-order valence-electron chi connectivity index (χ4n) is 1.65. The lowest BCUT2D eigenvalue weighted by atomic mass is 9.95. The number of esters is 1. The number of carbonyl (C=O) groups excluding carboxylic acids is 2. The van der Waals surface area contributed by atoms with Gasteiger partial charge in [-0.25, -0.2) is 4.79 Å². The molecule has 0 fully saturated rings. The highest BCUT2D eigenvalue weighted by atomic mass is 16.7. The van der Waals surface area contributed by atoms with E-state index in [1.54, 1.807) is 38.2 Å². The van der Waals surface area contributed by atoms with Crippen LogP contribution in [0.1, 0.15) is 32.0 Å². The lowest BCUT2D eigenvalue weighted by molar-refractivity contribution is -0.145. The number of aromatic nitrogens is 1. The minimum Gasteiger partial charge on any atom is -0.434 e. The molecule has 6 nitrogen and oxygen atoms in total. The number of hydrogen-bond donors (Lipinski definition) is 1. The average Bonchev–Trinajstić information content (AvgIpc) is 2.40. The summed E-state index contributed by atoms with van der Waals surface area (Å²) < 4.78 is 9.13. The van der Waals surface area contributed by atoms with E-state index in [2.05, 4.69) is 14.5 Å². The summed E-state index contributed by atoms with van der Waals surface area (Å²) in [6.07, 6.45) is 1.04. The summed E-state index contributed by atoms with van der Waals surface area (Å²) in [5.41, 5.74) is 6.56. The first-order valence-electron chi connectivity index (χ1n) is 6.15. The molecule has 0 aromatic carbocycles. The van der Waals surface area contributed by atoms with Gasteiger partial charge >= 0.3 is 12.1 Å². The van der Waals surface area contributed by atoms with Crippen molar-refractivity contribution in [3.05, 3.63) is 30.1 Å². The molecule has 0 radical (unpaired) electrons.